The summed E-state index contributed by atoms with van der Waals surface area (Å²) in [6, 6.07) is 10.7. The molecule has 1 aromatic heterocycles. The highest BCUT2D eigenvalue weighted by Gasteiger charge is 2.24. The number of piperazine rings is 1. The van der Waals surface area contributed by atoms with Gasteiger partial charge in [0.2, 0.25) is 0 Å². The fourth-order valence-electron chi connectivity index (χ4n) is 3.56. The van der Waals surface area contributed by atoms with Gasteiger partial charge in [0.1, 0.15) is 5.82 Å². The van der Waals surface area contributed by atoms with Crippen molar-refractivity contribution in [3.8, 4) is 0 Å². The second kappa shape index (κ2) is 9.50. The molecule has 2 heterocycles. The summed E-state index contributed by atoms with van der Waals surface area (Å²) in [5.74, 6) is 0.0164. The molecule has 0 bridgehead atoms. The van der Waals surface area contributed by atoms with Crippen LogP contribution in [0.5, 0.6) is 0 Å². The van der Waals surface area contributed by atoms with Crippen molar-refractivity contribution in [2.75, 3.05) is 30.9 Å². The van der Waals surface area contributed by atoms with Gasteiger partial charge in [-0.15, -0.1) is 0 Å². The first kappa shape index (κ1) is 23.2. The SMILES string of the molecule is Cc1cc(CN2CCN(C(=O)c3ccc(Cl)c(NS(=O)(=O)c4ccc(F)cc4)c3)CC2)on1. The van der Waals surface area contributed by atoms with Crippen molar-refractivity contribution < 1.29 is 22.1 Å². The average Bonchev–Trinajstić information content (AvgIpc) is 3.20. The quantitative estimate of drug-likeness (QED) is 0.565. The maximum atomic E-state index is 13.1. The van der Waals surface area contributed by atoms with E-state index in [4.69, 9.17) is 16.1 Å². The second-order valence-corrected chi connectivity index (χ2v) is 9.85. The van der Waals surface area contributed by atoms with Gasteiger partial charge < -0.3 is 9.42 Å². The van der Waals surface area contributed by atoms with E-state index < -0.39 is 15.8 Å². The number of carbonyl (C=O) groups excluding carboxylic acids is 1. The van der Waals surface area contributed by atoms with Crippen LogP contribution >= 0.6 is 11.6 Å². The van der Waals surface area contributed by atoms with Crippen molar-refractivity contribution in [1.82, 2.24) is 15.0 Å². The molecule has 0 radical (unpaired) electrons. The molecule has 8 nitrogen and oxygen atoms in total. The minimum atomic E-state index is -4.00. The number of benzene rings is 2. The van der Waals surface area contributed by atoms with Crippen molar-refractivity contribution in [2.24, 2.45) is 0 Å². The summed E-state index contributed by atoms with van der Waals surface area (Å²) in [6.07, 6.45) is 0. The second-order valence-electron chi connectivity index (χ2n) is 7.76. The fraction of sp³-hybridized carbons (Fsp3) is 0.273. The number of carbonyl (C=O) groups is 1. The smallest absolute Gasteiger partial charge is 0.261 e. The van der Waals surface area contributed by atoms with Gasteiger partial charge in [-0.25, -0.2) is 12.8 Å². The molecule has 33 heavy (non-hydrogen) atoms. The lowest BCUT2D eigenvalue weighted by molar-refractivity contribution is 0.0617. The van der Waals surface area contributed by atoms with Crippen LogP contribution in [0.2, 0.25) is 5.02 Å². The van der Waals surface area contributed by atoms with Crippen molar-refractivity contribution in [3.63, 3.8) is 0 Å². The maximum Gasteiger partial charge on any atom is 0.261 e. The molecule has 0 unspecified atom stereocenters. The number of aromatic nitrogens is 1. The van der Waals surface area contributed by atoms with E-state index in [-0.39, 0.29) is 21.5 Å². The predicted octanol–water partition coefficient (Wildman–Crippen LogP) is 3.53. The fourth-order valence-corrected chi connectivity index (χ4v) is 4.85. The van der Waals surface area contributed by atoms with Gasteiger partial charge >= 0.3 is 0 Å². The molecule has 1 saturated heterocycles. The molecular weight excluding hydrogens is 471 g/mol. The Morgan fingerprint density at radius 1 is 1.12 bits per heavy atom. The summed E-state index contributed by atoms with van der Waals surface area (Å²) in [4.78, 5) is 16.8. The summed E-state index contributed by atoms with van der Waals surface area (Å²) in [6.45, 7) is 4.87. The number of nitrogens with one attached hydrogen (secondary N) is 1. The summed E-state index contributed by atoms with van der Waals surface area (Å²) < 4.78 is 46.0. The average molecular weight is 493 g/mol. The first-order valence-corrected chi connectivity index (χ1v) is 12.1. The third kappa shape index (κ3) is 5.52. The van der Waals surface area contributed by atoms with Gasteiger partial charge in [-0.3, -0.25) is 14.4 Å². The summed E-state index contributed by atoms with van der Waals surface area (Å²) >= 11 is 6.17. The highest BCUT2D eigenvalue weighted by molar-refractivity contribution is 7.92. The van der Waals surface area contributed by atoms with E-state index in [0.717, 1.165) is 35.7 Å². The van der Waals surface area contributed by atoms with Crippen LogP contribution in [-0.4, -0.2) is 55.5 Å². The third-order valence-electron chi connectivity index (χ3n) is 5.30. The summed E-state index contributed by atoms with van der Waals surface area (Å²) in [5.41, 5.74) is 1.22. The third-order valence-corrected chi connectivity index (χ3v) is 7.01. The van der Waals surface area contributed by atoms with E-state index in [9.17, 15) is 17.6 Å². The van der Waals surface area contributed by atoms with Gasteiger partial charge in [-0.05, 0) is 49.4 Å². The Morgan fingerprint density at radius 3 is 2.45 bits per heavy atom. The number of aryl methyl sites for hydroxylation is 1. The number of halogens is 2. The number of rotatable bonds is 6. The van der Waals surface area contributed by atoms with Crippen LogP contribution in [0.4, 0.5) is 10.1 Å². The number of amides is 1. The van der Waals surface area contributed by atoms with Gasteiger partial charge in [0.25, 0.3) is 15.9 Å². The molecule has 0 saturated carbocycles. The number of nitrogens with zero attached hydrogens (tertiary/aromatic N) is 3. The topological polar surface area (TPSA) is 95.8 Å². The molecule has 1 amide bonds. The monoisotopic (exact) mass is 492 g/mol. The lowest BCUT2D eigenvalue weighted by Gasteiger charge is -2.34. The lowest BCUT2D eigenvalue weighted by atomic mass is 10.1. The van der Waals surface area contributed by atoms with Gasteiger partial charge in [-0.2, -0.15) is 0 Å². The lowest BCUT2D eigenvalue weighted by Crippen LogP contribution is -2.48. The van der Waals surface area contributed by atoms with Crippen LogP contribution in [0.15, 0.2) is 57.9 Å². The summed E-state index contributed by atoms with van der Waals surface area (Å²) in [5, 5.41) is 4.03. The molecule has 1 aliphatic heterocycles. The number of anilines is 1. The Bertz CT molecular complexity index is 1260. The number of hydrogen-bond donors (Lipinski definition) is 1. The molecule has 3 aromatic rings. The Morgan fingerprint density at radius 2 is 1.82 bits per heavy atom. The first-order valence-electron chi connectivity index (χ1n) is 10.2. The number of hydrogen-bond acceptors (Lipinski definition) is 6. The van der Waals surface area contributed by atoms with E-state index in [0.29, 0.717) is 38.3 Å². The molecule has 2 aromatic carbocycles. The Kier molecular flexibility index (Phi) is 6.68. The summed E-state index contributed by atoms with van der Waals surface area (Å²) in [7, 11) is -4.00. The van der Waals surface area contributed by atoms with Gasteiger partial charge in [0, 0.05) is 37.8 Å². The van der Waals surface area contributed by atoms with E-state index >= 15 is 0 Å². The normalized spacial score (nSPS) is 14.9. The molecule has 11 heteroatoms. The Hall–Kier alpha value is -2.95. The molecule has 0 spiro atoms. The zero-order valence-electron chi connectivity index (χ0n) is 17.8. The molecule has 0 aliphatic carbocycles. The van der Waals surface area contributed by atoms with Crippen molar-refractivity contribution >= 4 is 33.2 Å². The van der Waals surface area contributed by atoms with Gasteiger partial charge in [0.15, 0.2) is 5.76 Å². The zero-order valence-corrected chi connectivity index (χ0v) is 19.4. The Labute approximate surface area is 196 Å². The molecular formula is C22H22ClFN4O4S. The van der Waals surface area contributed by atoms with Crippen LogP contribution in [0, 0.1) is 12.7 Å². The minimum Gasteiger partial charge on any atom is -0.360 e. The van der Waals surface area contributed by atoms with Gasteiger partial charge in [0.05, 0.1) is 27.8 Å². The molecule has 1 fully saturated rings. The van der Waals surface area contributed by atoms with E-state index in [1.54, 1.807) is 11.0 Å². The van der Waals surface area contributed by atoms with E-state index in [2.05, 4.69) is 14.8 Å². The standard InChI is InChI=1S/C22H22ClFN4O4S/c1-15-12-18(32-25-15)14-27-8-10-28(11-9-27)22(29)16-2-7-20(23)21(13-16)26-33(30,31)19-5-3-17(24)4-6-19/h2-7,12-13,26H,8-11,14H2,1H3. The molecule has 174 valence electrons. The zero-order chi connectivity index (χ0) is 23.6. The van der Waals surface area contributed by atoms with E-state index in [1.165, 1.54) is 12.1 Å². The molecule has 1 N–H and O–H groups in total. The molecule has 1 aliphatic rings. The molecule has 0 atom stereocenters. The Balaban J connectivity index is 1.43. The first-order chi connectivity index (χ1) is 15.7. The predicted molar refractivity (Wildman–Crippen MR) is 121 cm³/mol. The van der Waals surface area contributed by atoms with Gasteiger partial charge in [-0.1, -0.05) is 16.8 Å². The van der Waals surface area contributed by atoms with E-state index in [1.807, 2.05) is 13.0 Å². The highest BCUT2D eigenvalue weighted by atomic mass is 35.5. The van der Waals surface area contributed by atoms with Crippen LogP contribution in [0.3, 0.4) is 0 Å². The van der Waals surface area contributed by atoms with Crippen LogP contribution in [0.1, 0.15) is 21.8 Å². The maximum absolute atomic E-state index is 13.1. The highest BCUT2D eigenvalue weighted by Crippen LogP contribution is 2.27. The van der Waals surface area contributed by atoms with Crippen molar-refractivity contribution in [2.45, 2.75) is 18.4 Å². The van der Waals surface area contributed by atoms with Crippen molar-refractivity contribution in [3.05, 3.63) is 76.4 Å². The number of sulfonamides is 1. The van der Waals surface area contributed by atoms with Crippen LogP contribution in [0.25, 0.3) is 0 Å². The van der Waals surface area contributed by atoms with Crippen LogP contribution in [-0.2, 0) is 16.6 Å². The largest absolute Gasteiger partial charge is 0.360 e. The van der Waals surface area contributed by atoms with Crippen LogP contribution < -0.4 is 4.72 Å². The molecule has 4 rings (SSSR count). The van der Waals surface area contributed by atoms with Crippen molar-refractivity contribution in [1.29, 1.82) is 0 Å². The minimum absolute atomic E-state index is 0.0752.